The first-order valence-corrected chi connectivity index (χ1v) is 10.0. The van der Waals surface area contributed by atoms with Crippen LogP contribution in [-0.2, 0) is 24.4 Å². The summed E-state index contributed by atoms with van der Waals surface area (Å²) in [5.41, 5.74) is 4.12. The second-order valence-electron chi connectivity index (χ2n) is 6.36. The molecule has 2 aromatic carbocycles. The van der Waals surface area contributed by atoms with Crippen LogP contribution in [0, 0.1) is 0 Å². The van der Waals surface area contributed by atoms with E-state index < -0.39 is 0 Å². The zero-order valence-electron chi connectivity index (χ0n) is 16.2. The molecule has 2 amide bonds. The van der Waals surface area contributed by atoms with E-state index >= 15 is 0 Å². The maximum absolute atomic E-state index is 12.0. The molecule has 150 valence electrons. The number of hydrogen-bond acceptors (Lipinski definition) is 5. The van der Waals surface area contributed by atoms with E-state index in [0.717, 1.165) is 28.3 Å². The molecule has 0 saturated carbocycles. The Hall–Kier alpha value is -2.87. The van der Waals surface area contributed by atoms with Gasteiger partial charge in [0, 0.05) is 43.2 Å². The number of methoxy groups -OCH3 is 1. The molecule has 3 aromatic rings. The van der Waals surface area contributed by atoms with Crippen molar-refractivity contribution in [2.24, 2.45) is 0 Å². The third-order valence-corrected chi connectivity index (χ3v) is 4.91. The van der Waals surface area contributed by atoms with E-state index in [0.29, 0.717) is 13.2 Å². The Morgan fingerprint density at radius 2 is 1.55 bits per heavy atom. The lowest BCUT2D eigenvalue weighted by Crippen LogP contribution is -2.28. The van der Waals surface area contributed by atoms with Gasteiger partial charge in [0.15, 0.2) is 0 Å². The Bertz CT molecular complexity index is 887. The Labute approximate surface area is 175 Å². The number of nitrogens with one attached hydrogen (secondary N) is 3. The molecule has 1 aromatic heterocycles. The van der Waals surface area contributed by atoms with Crippen LogP contribution in [-0.4, -0.2) is 18.1 Å². The zero-order chi connectivity index (χ0) is 20.3. The highest BCUT2D eigenvalue weighted by Gasteiger charge is 2.02. The molecule has 0 bridgehead atoms. The summed E-state index contributed by atoms with van der Waals surface area (Å²) in [4.78, 5) is 17.0. The number of hydrogen-bond donors (Lipinski definition) is 3. The van der Waals surface area contributed by atoms with E-state index in [4.69, 9.17) is 4.74 Å². The maximum atomic E-state index is 12.0. The van der Waals surface area contributed by atoms with Crippen molar-refractivity contribution in [1.29, 1.82) is 0 Å². The lowest BCUT2D eigenvalue weighted by Gasteiger charge is -2.09. The molecule has 7 heteroatoms. The Balaban J connectivity index is 1.39. The molecular weight excluding hydrogens is 384 g/mol. The molecule has 0 radical (unpaired) electrons. The summed E-state index contributed by atoms with van der Waals surface area (Å²) in [5.74, 6) is 0. The van der Waals surface area contributed by atoms with Crippen LogP contribution in [0.3, 0.4) is 0 Å². The number of nitrogens with zero attached hydrogens (tertiary/aromatic N) is 1. The van der Waals surface area contributed by atoms with Crippen LogP contribution in [0.4, 0.5) is 10.5 Å². The summed E-state index contributed by atoms with van der Waals surface area (Å²) < 4.78 is 8.47. The van der Waals surface area contributed by atoms with Gasteiger partial charge in [-0.25, -0.2) is 4.79 Å². The third-order valence-electron chi connectivity index (χ3n) is 4.11. The predicted octanol–water partition coefficient (Wildman–Crippen LogP) is 4.35. The standard InChI is InChI=1S/C22H24N4O2S/c1-28-16-19-4-2-17(3-5-19)15-25-29-21-8-6-20(7-9-21)26-22(27)24-14-18-10-12-23-13-11-18/h2-13,25H,14-16H2,1H3,(H2,24,26,27). The van der Waals surface area contributed by atoms with Gasteiger partial charge in [-0.1, -0.05) is 24.3 Å². The van der Waals surface area contributed by atoms with Gasteiger partial charge in [-0.2, -0.15) is 0 Å². The zero-order valence-corrected chi connectivity index (χ0v) is 17.0. The van der Waals surface area contributed by atoms with Crippen molar-refractivity contribution < 1.29 is 9.53 Å². The van der Waals surface area contributed by atoms with E-state index in [-0.39, 0.29) is 6.03 Å². The van der Waals surface area contributed by atoms with Crippen LogP contribution in [0.5, 0.6) is 0 Å². The van der Waals surface area contributed by atoms with Gasteiger partial charge in [0.05, 0.1) is 6.61 Å². The molecule has 0 fully saturated rings. The Kier molecular flexibility index (Phi) is 8.06. The van der Waals surface area contributed by atoms with E-state index in [9.17, 15) is 4.79 Å². The first-order chi connectivity index (χ1) is 14.2. The highest BCUT2D eigenvalue weighted by molar-refractivity contribution is 7.97. The summed E-state index contributed by atoms with van der Waals surface area (Å²) >= 11 is 1.56. The molecule has 29 heavy (non-hydrogen) atoms. The molecule has 0 saturated heterocycles. The number of amides is 2. The third kappa shape index (κ3) is 7.23. The highest BCUT2D eigenvalue weighted by atomic mass is 32.2. The minimum absolute atomic E-state index is 0.239. The molecule has 0 atom stereocenters. The molecule has 3 rings (SSSR count). The van der Waals surface area contributed by atoms with Crippen molar-refractivity contribution in [3.8, 4) is 0 Å². The smallest absolute Gasteiger partial charge is 0.319 e. The Morgan fingerprint density at radius 3 is 2.24 bits per heavy atom. The first-order valence-electron chi connectivity index (χ1n) is 9.23. The number of carbonyl (C=O) groups is 1. The predicted molar refractivity (Wildman–Crippen MR) is 116 cm³/mol. The van der Waals surface area contributed by atoms with Crippen molar-refractivity contribution in [3.63, 3.8) is 0 Å². The fraction of sp³-hybridized carbons (Fsp3) is 0.182. The van der Waals surface area contributed by atoms with Gasteiger partial charge in [-0.05, 0) is 65.0 Å². The fourth-order valence-electron chi connectivity index (χ4n) is 2.59. The van der Waals surface area contributed by atoms with E-state index in [1.165, 1.54) is 5.56 Å². The van der Waals surface area contributed by atoms with Crippen LogP contribution in [0.25, 0.3) is 0 Å². The molecule has 0 aliphatic carbocycles. The van der Waals surface area contributed by atoms with Gasteiger partial charge < -0.3 is 15.4 Å². The van der Waals surface area contributed by atoms with Gasteiger partial charge in [0.1, 0.15) is 0 Å². The van der Waals surface area contributed by atoms with E-state index in [2.05, 4.69) is 44.6 Å². The number of pyridine rings is 1. The Morgan fingerprint density at radius 1 is 0.897 bits per heavy atom. The molecule has 6 nitrogen and oxygen atoms in total. The minimum atomic E-state index is -0.239. The number of benzene rings is 2. The monoisotopic (exact) mass is 408 g/mol. The fourth-order valence-corrected chi connectivity index (χ4v) is 3.27. The van der Waals surface area contributed by atoms with Crippen LogP contribution < -0.4 is 15.4 Å². The van der Waals surface area contributed by atoms with Gasteiger partial charge >= 0.3 is 6.03 Å². The number of rotatable bonds is 9. The summed E-state index contributed by atoms with van der Waals surface area (Å²) in [6, 6.07) is 19.6. The van der Waals surface area contributed by atoms with E-state index in [1.807, 2.05) is 36.4 Å². The number of urea groups is 1. The molecule has 1 heterocycles. The second kappa shape index (κ2) is 11.2. The van der Waals surface area contributed by atoms with Crippen LogP contribution >= 0.6 is 11.9 Å². The van der Waals surface area contributed by atoms with Crippen molar-refractivity contribution in [2.45, 2.75) is 24.6 Å². The summed E-state index contributed by atoms with van der Waals surface area (Å²) in [6.07, 6.45) is 3.41. The van der Waals surface area contributed by atoms with Gasteiger partial charge in [0.25, 0.3) is 0 Å². The molecule has 0 aliphatic rings. The topological polar surface area (TPSA) is 75.3 Å². The minimum Gasteiger partial charge on any atom is -0.380 e. The van der Waals surface area contributed by atoms with Crippen molar-refractivity contribution in [1.82, 2.24) is 15.0 Å². The lowest BCUT2D eigenvalue weighted by atomic mass is 10.1. The molecular formula is C22H24N4O2S. The number of ether oxygens (including phenoxy) is 1. The summed E-state index contributed by atoms with van der Waals surface area (Å²) in [7, 11) is 1.70. The van der Waals surface area contributed by atoms with Crippen LogP contribution in [0.15, 0.2) is 78.0 Å². The number of aromatic nitrogens is 1. The average molecular weight is 409 g/mol. The summed E-state index contributed by atoms with van der Waals surface area (Å²) in [5, 5.41) is 5.65. The van der Waals surface area contributed by atoms with Crippen molar-refractivity contribution >= 4 is 23.7 Å². The average Bonchev–Trinajstić information content (AvgIpc) is 2.76. The number of carbonyl (C=O) groups excluding carboxylic acids is 1. The molecule has 0 unspecified atom stereocenters. The lowest BCUT2D eigenvalue weighted by molar-refractivity contribution is 0.185. The first kappa shape index (κ1) is 20.9. The second-order valence-corrected chi connectivity index (χ2v) is 7.32. The maximum Gasteiger partial charge on any atom is 0.319 e. The molecule has 0 aliphatic heterocycles. The summed E-state index contributed by atoms with van der Waals surface area (Å²) in [6.45, 7) is 1.85. The molecule has 3 N–H and O–H groups in total. The van der Waals surface area contributed by atoms with Crippen LogP contribution in [0.1, 0.15) is 16.7 Å². The largest absolute Gasteiger partial charge is 0.380 e. The van der Waals surface area contributed by atoms with Gasteiger partial charge in [-0.3, -0.25) is 9.71 Å². The van der Waals surface area contributed by atoms with E-state index in [1.54, 1.807) is 31.5 Å². The van der Waals surface area contributed by atoms with Gasteiger partial charge in [0.2, 0.25) is 0 Å². The van der Waals surface area contributed by atoms with Crippen molar-refractivity contribution in [2.75, 3.05) is 12.4 Å². The quantitative estimate of drug-likeness (QED) is 0.459. The highest BCUT2D eigenvalue weighted by Crippen LogP contribution is 2.18. The SMILES string of the molecule is COCc1ccc(CNSc2ccc(NC(=O)NCc3ccncc3)cc2)cc1. The van der Waals surface area contributed by atoms with Gasteiger partial charge in [-0.15, -0.1) is 0 Å². The number of anilines is 1. The molecule has 0 spiro atoms. The normalized spacial score (nSPS) is 10.5. The van der Waals surface area contributed by atoms with Crippen LogP contribution in [0.2, 0.25) is 0 Å². The van der Waals surface area contributed by atoms with Crippen molar-refractivity contribution in [3.05, 3.63) is 89.7 Å².